The van der Waals surface area contributed by atoms with Gasteiger partial charge < -0.3 is 5.32 Å². The summed E-state index contributed by atoms with van der Waals surface area (Å²) in [5.41, 5.74) is 3.00. The molecule has 168 valence electrons. The van der Waals surface area contributed by atoms with E-state index in [9.17, 15) is 18.5 Å². The number of aromatic nitrogens is 2. The summed E-state index contributed by atoms with van der Waals surface area (Å²) in [6, 6.07) is 18.4. The number of non-ortho nitro benzene ring substituents is 1. The van der Waals surface area contributed by atoms with Crippen LogP contribution >= 0.6 is 0 Å². The predicted molar refractivity (Wildman–Crippen MR) is 127 cm³/mol. The van der Waals surface area contributed by atoms with Crippen molar-refractivity contribution in [1.82, 2.24) is 9.97 Å². The molecule has 0 amide bonds. The van der Waals surface area contributed by atoms with Crippen LogP contribution in [0.3, 0.4) is 0 Å². The standard InChI is InChI=1S/C23H21N5O4S/c1-3-16-9-11-17(12-10-16)24-22-23(26-20-7-5-4-6-19(20)25-22)27-33(31,32)21-14-18(28(29)30)13-8-15(21)2/h4-14H,3H2,1-2H3,(H,24,25)(H,26,27). The first kappa shape index (κ1) is 22.2. The minimum atomic E-state index is -4.19. The van der Waals surface area contributed by atoms with Crippen LogP contribution in [-0.2, 0) is 16.4 Å². The van der Waals surface area contributed by atoms with Gasteiger partial charge in [0.05, 0.1) is 20.9 Å². The molecule has 9 nitrogen and oxygen atoms in total. The summed E-state index contributed by atoms with van der Waals surface area (Å²) in [5, 5.41) is 14.3. The summed E-state index contributed by atoms with van der Waals surface area (Å²) < 4.78 is 28.8. The molecule has 0 spiro atoms. The van der Waals surface area contributed by atoms with Gasteiger partial charge in [0.2, 0.25) is 0 Å². The second kappa shape index (κ2) is 8.83. The maximum atomic E-state index is 13.2. The second-order valence-electron chi connectivity index (χ2n) is 7.40. The zero-order chi connectivity index (χ0) is 23.6. The molecular weight excluding hydrogens is 442 g/mol. The van der Waals surface area contributed by atoms with Gasteiger partial charge >= 0.3 is 0 Å². The van der Waals surface area contributed by atoms with Crippen molar-refractivity contribution in [3.63, 3.8) is 0 Å². The van der Waals surface area contributed by atoms with Crippen LogP contribution in [0.5, 0.6) is 0 Å². The summed E-state index contributed by atoms with van der Waals surface area (Å²) in [6.45, 7) is 3.62. The van der Waals surface area contributed by atoms with Gasteiger partial charge in [0, 0.05) is 17.8 Å². The summed E-state index contributed by atoms with van der Waals surface area (Å²) in [7, 11) is -4.19. The van der Waals surface area contributed by atoms with Crippen LogP contribution < -0.4 is 10.0 Å². The lowest BCUT2D eigenvalue weighted by atomic mass is 10.1. The zero-order valence-corrected chi connectivity index (χ0v) is 18.8. The molecule has 0 saturated heterocycles. The van der Waals surface area contributed by atoms with Crippen LogP contribution in [0.2, 0.25) is 0 Å². The van der Waals surface area contributed by atoms with Gasteiger partial charge in [-0.1, -0.05) is 37.3 Å². The third-order valence-corrected chi connectivity index (χ3v) is 6.58. The molecule has 0 aliphatic heterocycles. The van der Waals surface area contributed by atoms with Crippen LogP contribution in [0.25, 0.3) is 11.0 Å². The Balaban J connectivity index is 1.78. The SMILES string of the molecule is CCc1ccc(Nc2nc3ccccc3nc2NS(=O)(=O)c2cc([N+](=O)[O-])ccc2C)cc1. The molecule has 0 aliphatic rings. The molecule has 4 rings (SSSR count). The van der Waals surface area contributed by atoms with Crippen molar-refractivity contribution in [2.75, 3.05) is 10.0 Å². The van der Waals surface area contributed by atoms with Gasteiger partial charge in [-0.25, -0.2) is 18.4 Å². The number of nitrogens with zero attached hydrogens (tertiary/aromatic N) is 3. The molecule has 0 saturated carbocycles. The fourth-order valence-corrected chi connectivity index (χ4v) is 4.57. The number of anilines is 3. The number of aryl methyl sites for hydroxylation is 2. The van der Waals surface area contributed by atoms with E-state index in [0.29, 0.717) is 22.3 Å². The van der Waals surface area contributed by atoms with Crippen LogP contribution in [0.4, 0.5) is 23.0 Å². The molecule has 4 aromatic rings. The molecule has 0 bridgehead atoms. The first-order valence-corrected chi connectivity index (χ1v) is 11.7. The Kier molecular flexibility index (Phi) is 5.93. The highest BCUT2D eigenvalue weighted by Crippen LogP contribution is 2.29. The molecule has 1 heterocycles. The number of nitro groups is 1. The maximum Gasteiger partial charge on any atom is 0.270 e. The third kappa shape index (κ3) is 4.75. The monoisotopic (exact) mass is 463 g/mol. The highest BCUT2D eigenvalue weighted by Gasteiger charge is 2.23. The van der Waals surface area contributed by atoms with Crippen LogP contribution in [0.15, 0.2) is 71.6 Å². The van der Waals surface area contributed by atoms with Crippen molar-refractivity contribution >= 4 is 44.1 Å². The van der Waals surface area contributed by atoms with Crippen LogP contribution in [-0.4, -0.2) is 23.3 Å². The number of para-hydroxylation sites is 2. The largest absolute Gasteiger partial charge is 0.337 e. The highest BCUT2D eigenvalue weighted by atomic mass is 32.2. The number of rotatable bonds is 7. The van der Waals surface area contributed by atoms with Gasteiger partial charge in [-0.2, -0.15) is 0 Å². The Labute approximate surface area is 190 Å². The summed E-state index contributed by atoms with van der Waals surface area (Å²) in [5.74, 6) is 0.198. The maximum absolute atomic E-state index is 13.2. The average Bonchev–Trinajstić information content (AvgIpc) is 2.79. The van der Waals surface area contributed by atoms with E-state index in [0.717, 1.165) is 18.1 Å². The molecule has 0 atom stereocenters. The molecule has 0 radical (unpaired) electrons. The summed E-state index contributed by atoms with van der Waals surface area (Å²) in [4.78, 5) is 19.3. The van der Waals surface area contributed by atoms with Crippen molar-refractivity contribution < 1.29 is 13.3 Å². The van der Waals surface area contributed by atoms with Gasteiger partial charge in [0.15, 0.2) is 11.6 Å². The van der Waals surface area contributed by atoms with Gasteiger partial charge in [-0.3, -0.25) is 14.8 Å². The van der Waals surface area contributed by atoms with Gasteiger partial charge in [-0.15, -0.1) is 0 Å². The summed E-state index contributed by atoms with van der Waals surface area (Å²) in [6.07, 6.45) is 0.893. The fraction of sp³-hybridized carbons (Fsp3) is 0.130. The molecule has 33 heavy (non-hydrogen) atoms. The van der Waals surface area contributed by atoms with Crippen molar-refractivity contribution in [2.45, 2.75) is 25.2 Å². The fourth-order valence-electron chi connectivity index (χ4n) is 3.29. The van der Waals surface area contributed by atoms with Crippen molar-refractivity contribution in [1.29, 1.82) is 0 Å². The van der Waals surface area contributed by atoms with E-state index in [1.807, 2.05) is 30.3 Å². The molecule has 0 unspecified atom stereocenters. The molecule has 1 aromatic heterocycles. The Morgan fingerprint density at radius 3 is 2.18 bits per heavy atom. The highest BCUT2D eigenvalue weighted by molar-refractivity contribution is 7.92. The minimum absolute atomic E-state index is 0.0147. The quantitative estimate of drug-likeness (QED) is 0.293. The van der Waals surface area contributed by atoms with Crippen LogP contribution in [0, 0.1) is 17.0 Å². The van der Waals surface area contributed by atoms with Gasteiger partial charge in [0.1, 0.15) is 0 Å². The van der Waals surface area contributed by atoms with E-state index in [1.165, 1.54) is 12.1 Å². The lowest BCUT2D eigenvalue weighted by molar-refractivity contribution is -0.385. The lowest BCUT2D eigenvalue weighted by Gasteiger charge is -2.15. The van der Waals surface area contributed by atoms with Crippen molar-refractivity contribution in [2.24, 2.45) is 0 Å². The third-order valence-electron chi connectivity index (χ3n) is 5.10. The van der Waals surface area contributed by atoms with E-state index in [4.69, 9.17) is 0 Å². The zero-order valence-electron chi connectivity index (χ0n) is 17.9. The minimum Gasteiger partial charge on any atom is -0.337 e. The topological polar surface area (TPSA) is 127 Å². The molecule has 2 N–H and O–H groups in total. The first-order valence-electron chi connectivity index (χ1n) is 10.2. The van der Waals surface area contributed by atoms with E-state index in [-0.39, 0.29) is 22.2 Å². The molecule has 0 aliphatic carbocycles. The predicted octanol–water partition coefficient (Wildman–Crippen LogP) is 4.95. The van der Waals surface area contributed by atoms with E-state index in [2.05, 4.69) is 26.9 Å². The Bertz CT molecular complexity index is 1450. The smallest absolute Gasteiger partial charge is 0.270 e. The Hall–Kier alpha value is -4.05. The normalized spacial score (nSPS) is 11.3. The molecular formula is C23H21N5O4S. The van der Waals surface area contributed by atoms with Crippen LogP contribution in [0.1, 0.15) is 18.1 Å². The number of nitrogens with one attached hydrogen (secondary N) is 2. The second-order valence-corrected chi connectivity index (χ2v) is 9.05. The molecule has 3 aromatic carbocycles. The Morgan fingerprint density at radius 2 is 1.58 bits per heavy atom. The number of fused-ring (bicyclic) bond motifs is 1. The average molecular weight is 464 g/mol. The molecule has 0 fully saturated rings. The lowest BCUT2D eigenvalue weighted by Crippen LogP contribution is -2.17. The number of hydrogen-bond donors (Lipinski definition) is 2. The number of sulfonamides is 1. The number of nitro benzene ring substituents is 1. The number of hydrogen-bond acceptors (Lipinski definition) is 7. The number of benzene rings is 3. The van der Waals surface area contributed by atoms with Gasteiger partial charge in [-0.05, 0) is 48.7 Å². The van der Waals surface area contributed by atoms with E-state index < -0.39 is 14.9 Å². The van der Waals surface area contributed by atoms with Crippen molar-refractivity contribution in [3.8, 4) is 0 Å². The van der Waals surface area contributed by atoms with Gasteiger partial charge in [0.25, 0.3) is 15.7 Å². The van der Waals surface area contributed by atoms with E-state index in [1.54, 1.807) is 25.1 Å². The first-order chi connectivity index (χ1) is 15.8. The van der Waals surface area contributed by atoms with E-state index >= 15 is 0 Å². The molecule has 10 heteroatoms. The Morgan fingerprint density at radius 1 is 0.939 bits per heavy atom. The van der Waals surface area contributed by atoms with Crippen molar-refractivity contribution in [3.05, 3.63) is 88.0 Å². The summed E-state index contributed by atoms with van der Waals surface area (Å²) >= 11 is 0.